The zero-order valence-corrected chi connectivity index (χ0v) is 11.7. The lowest BCUT2D eigenvalue weighted by molar-refractivity contribution is 0.0980. The molecule has 1 atom stereocenters. The Morgan fingerprint density at radius 2 is 2.06 bits per heavy atom. The summed E-state index contributed by atoms with van der Waals surface area (Å²) in [5, 5.41) is 3.22. The largest absolute Gasteiger partial charge is 0.491 e. The Bertz CT molecular complexity index is 328. The highest BCUT2D eigenvalue weighted by Crippen LogP contribution is 2.18. The van der Waals surface area contributed by atoms with Crippen LogP contribution in [0.25, 0.3) is 0 Å². The van der Waals surface area contributed by atoms with Gasteiger partial charge in [-0.05, 0) is 38.1 Å². The SMILES string of the molecule is CCCCOCCOc1cccc(C(C)NC)c1. The second-order valence-corrected chi connectivity index (χ2v) is 4.40. The van der Waals surface area contributed by atoms with Crippen molar-refractivity contribution < 1.29 is 9.47 Å². The highest BCUT2D eigenvalue weighted by molar-refractivity contribution is 5.30. The normalized spacial score (nSPS) is 12.4. The van der Waals surface area contributed by atoms with E-state index in [1.54, 1.807) is 0 Å². The van der Waals surface area contributed by atoms with Gasteiger partial charge in [-0.2, -0.15) is 0 Å². The maximum atomic E-state index is 5.67. The monoisotopic (exact) mass is 251 g/mol. The molecule has 0 aromatic heterocycles. The van der Waals surface area contributed by atoms with Gasteiger partial charge in [-0.15, -0.1) is 0 Å². The van der Waals surface area contributed by atoms with E-state index in [2.05, 4.69) is 31.3 Å². The minimum Gasteiger partial charge on any atom is -0.491 e. The molecule has 0 radical (unpaired) electrons. The zero-order chi connectivity index (χ0) is 13.2. The van der Waals surface area contributed by atoms with Crippen LogP contribution >= 0.6 is 0 Å². The third-order valence-corrected chi connectivity index (χ3v) is 2.93. The maximum Gasteiger partial charge on any atom is 0.119 e. The van der Waals surface area contributed by atoms with Crippen molar-refractivity contribution in [2.45, 2.75) is 32.7 Å². The molecule has 0 aliphatic rings. The molecular weight excluding hydrogens is 226 g/mol. The van der Waals surface area contributed by atoms with Crippen LogP contribution in [-0.4, -0.2) is 26.9 Å². The summed E-state index contributed by atoms with van der Waals surface area (Å²) < 4.78 is 11.1. The van der Waals surface area contributed by atoms with Crippen molar-refractivity contribution in [3.05, 3.63) is 29.8 Å². The van der Waals surface area contributed by atoms with E-state index in [9.17, 15) is 0 Å². The zero-order valence-electron chi connectivity index (χ0n) is 11.7. The molecule has 0 spiro atoms. The third-order valence-electron chi connectivity index (χ3n) is 2.93. The number of nitrogens with one attached hydrogen (secondary N) is 1. The highest BCUT2D eigenvalue weighted by atomic mass is 16.5. The van der Waals surface area contributed by atoms with Crippen LogP contribution in [0.5, 0.6) is 5.75 Å². The summed E-state index contributed by atoms with van der Waals surface area (Å²) in [5.74, 6) is 0.911. The van der Waals surface area contributed by atoms with Crippen LogP contribution in [0.3, 0.4) is 0 Å². The summed E-state index contributed by atoms with van der Waals surface area (Å²) in [5.41, 5.74) is 1.24. The Kier molecular flexibility index (Phi) is 7.46. The van der Waals surface area contributed by atoms with Crippen molar-refractivity contribution >= 4 is 0 Å². The maximum absolute atomic E-state index is 5.67. The molecule has 0 bridgehead atoms. The molecule has 1 rings (SSSR count). The molecule has 18 heavy (non-hydrogen) atoms. The molecule has 102 valence electrons. The Morgan fingerprint density at radius 3 is 2.78 bits per heavy atom. The fraction of sp³-hybridized carbons (Fsp3) is 0.600. The van der Waals surface area contributed by atoms with Crippen LogP contribution in [-0.2, 0) is 4.74 Å². The summed E-state index contributed by atoms with van der Waals surface area (Å²) in [6.07, 6.45) is 2.29. The summed E-state index contributed by atoms with van der Waals surface area (Å²) in [4.78, 5) is 0. The van der Waals surface area contributed by atoms with Crippen LogP contribution in [0.15, 0.2) is 24.3 Å². The molecule has 1 aromatic carbocycles. The second-order valence-electron chi connectivity index (χ2n) is 4.40. The van der Waals surface area contributed by atoms with Gasteiger partial charge in [0.1, 0.15) is 12.4 Å². The molecule has 3 nitrogen and oxygen atoms in total. The van der Waals surface area contributed by atoms with Gasteiger partial charge < -0.3 is 14.8 Å². The van der Waals surface area contributed by atoms with E-state index in [1.165, 1.54) is 12.0 Å². The molecular formula is C15H25NO2. The molecule has 0 fully saturated rings. The number of ether oxygens (including phenoxy) is 2. The Morgan fingerprint density at radius 1 is 1.22 bits per heavy atom. The first-order valence-electron chi connectivity index (χ1n) is 6.75. The Balaban J connectivity index is 2.29. The minimum absolute atomic E-state index is 0.342. The summed E-state index contributed by atoms with van der Waals surface area (Å²) in [7, 11) is 1.96. The van der Waals surface area contributed by atoms with Crippen molar-refractivity contribution in [1.29, 1.82) is 0 Å². The van der Waals surface area contributed by atoms with Gasteiger partial charge in [0.2, 0.25) is 0 Å². The van der Waals surface area contributed by atoms with Gasteiger partial charge in [0.25, 0.3) is 0 Å². The lowest BCUT2D eigenvalue weighted by Crippen LogP contribution is -2.12. The van der Waals surface area contributed by atoms with Crippen molar-refractivity contribution in [2.75, 3.05) is 26.9 Å². The molecule has 1 unspecified atom stereocenters. The van der Waals surface area contributed by atoms with Gasteiger partial charge in [-0.1, -0.05) is 25.5 Å². The number of hydrogen-bond donors (Lipinski definition) is 1. The summed E-state index contributed by atoms with van der Waals surface area (Å²) in [6.45, 7) is 6.39. The average molecular weight is 251 g/mol. The fourth-order valence-corrected chi connectivity index (χ4v) is 1.61. The van der Waals surface area contributed by atoms with E-state index in [-0.39, 0.29) is 0 Å². The van der Waals surface area contributed by atoms with E-state index < -0.39 is 0 Å². The smallest absolute Gasteiger partial charge is 0.119 e. The topological polar surface area (TPSA) is 30.5 Å². The molecule has 0 saturated heterocycles. The molecule has 3 heteroatoms. The number of unbranched alkanes of at least 4 members (excludes halogenated alkanes) is 1. The first-order chi connectivity index (χ1) is 8.77. The van der Waals surface area contributed by atoms with Gasteiger partial charge in [-0.3, -0.25) is 0 Å². The van der Waals surface area contributed by atoms with E-state index >= 15 is 0 Å². The van der Waals surface area contributed by atoms with Crippen LogP contribution in [0.1, 0.15) is 38.3 Å². The van der Waals surface area contributed by atoms with Crippen LogP contribution in [0, 0.1) is 0 Å². The standard InChI is InChI=1S/C15H25NO2/c1-4-5-9-17-10-11-18-15-8-6-7-14(12-15)13(2)16-3/h6-8,12-13,16H,4-5,9-11H2,1-3H3. The Labute approximate surface area is 110 Å². The van der Waals surface area contributed by atoms with Crippen LogP contribution in [0.4, 0.5) is 0 Å². The van der Waals surface area contributed by atoms with E-state index in [1.807, 2.05) is 19.2 Å². The number of rotatable bonds is 9. The lowest BCUT2D eigenvalue weighted by Gasteiger charge is -2.12. The van der Waals surface area contributed by atoms with Crippen molar-refractivity contribution in [3.63, 3.8) is 0 Å². The first-order valence-corrected chi connectivity index (χ1v) is 6.75. The second kappa shape index (κ2) is 8.95. The first kappa shape index (κ1) is 15.0. The Hall–Kier alpha value is -1.06. The number of hydrogen-bond acceptors (Lipinski definition) is 3. The van der Waals surface area contributed by atoms with E-state index in [0.29, 0.717) is 19.3 Å². The van der Waals surface area contributed by atoms with Gasteiger partial charge >= 0.3 is 0 Å². The summed E-state index contributed by atoms with van der Waals surface area (Å²) >= 11 is 0. The van der Waals surface area contributed by atoms with Gasteiger partial charge in [0, 0.05) is 12.6 Å². The van der Waals surface area contributed by atoms with Crippen molar-refractivity contribution in [2.24, 2.45) is 0 Å². The quantitative estimate of drug-likeness (QED) is 0.684. The predicted octanol–water partition coefficient (Wildman–Crippen LogP) is 3.16. The lowest BCUT2D eigenvalue weighted by atomic mass is 10.1. The van der Waals surface area contributed by atoms with E-state index in [4.69, 9.17) is 9.47 Å². The van der Waals surface area contributed by atoms with Gasteiger partial charge in [0.15, 0.2) is 0 Å². The van der Waals surface area contributed by atoms with Crippen molar-refractivity contribution in [1.82, 2.24) is 5.32 Å². The number of benzene rings is 1. The molecule has 0 aliphatic carbocycles. The average Bonchev–Trinajstić information content (AvgIpc) is 2.42. The minimum atomic E-state index is 0.342. The van der Waals surface area contributed by atoms with Crippen LogP contribution in [0.2, 0.25) is 0 Å². The third kappa shape index (κ3) is 5.52. The fourth-order valence-electron chi connectivity index (χ4n) is 1.61. The molecule has 1 aromatic rings. The molecule has 0 aliphatic heterocycles. The van der Waals surface area contributed by atoms with Crippen LogP contribution < -0.4 is 10.1 Å². The molecule has 1 N–H and O–H groups in total. The summed E-state index contributed by atoms with van der Waals surface area (Å²) in [6, 6.07) is 8.53. The molecule has 0 saturated carbocycles. The van der Waals surface area contributed by atoms with E-state index in [0.717, 1.165) is 18.8 Å². The predicted molar refractivity (Wildman–Crippen MR) is 75.1 cm³/mol. The van der Waals surface area contributed by atoms with Gasteiger partial charge in [-0.25, -0.2) is 0 Å². The van der Waals surface area contributed by atoms with Gasteiger partial charge in [0.05, 0.1) is 6.61 Å². The molecule has 0 heterocycles. The molecule has 0 amide bonds. The highest BCUT2D eigenvalue weighted by Gasteiger charge is 2.03. The van der Waals surface area contributed by atoms with Crippen molar-refractivity contribution in [3.8, 4) is 5.75 Å².